The van der Waals surface area contributed by atoms with Gasteiger partial charge in [-0.3, -0.25) is 0 Å². The predicted octanol–water partition coefficient (Wildman–Crippen LogP) is 2.97. The lowest BCUT2D eigenvalue weighted by molar-refractivity contribution is 0.0168. The number of carbonyl (C=O) groups is 1. The van der Waals surface area contributed by atoms with Crippen LogP contribution in [-0.4, -0.2) is 16.2 Å². The van der Waals surface area contributed by atoms with Crippen LogP contribution in [0, 0.1) is 0 Å². The second-order valence-corrected chi connectivity index (χ2v) is 4.87. The second-order valence-electron chi connectivity index (χ2n) is 4.87. The smallest absolute Gasteiger partial charge is 0.358 e. The van der Waals surface area contributed by atoms with E-state index in [0.29, 0.717) is 5.76 Å². The molecule has 0 spiro atoms. The van der Waals surface area contributed by atoms with Crippen molar-refractivity contribution in [3.05, 3.63) is 52.9 Å². The van der Waals surface area contributed by atoms with E-state index in [1.54, 1.807) is 0 Å². The topological polar surface area (TPSA) is 72.6 Å². The van der Waals surface area contributed by atoms with Crippen LogP contribution >= 0.6 is 0 Å². The van der Waals surface area contributed by atoms with Crippen molar-refractivity contribution in [2.45, 2.75) is 32.0 Å². The van der Waals surface area contributed by atoms with Crippen molar-refractivity contribution in [2.24, 2.45) is 0 Å². The largest absolute Gasteiger partial charge is 0.476 e. The molecule has 0 radical (unpaired) electrons. The Morgan fingerprint density at radius 2 is 2.30 bits per heavy atom. The molecule has 0 fully saturated rings. The zero-order valence-corrected chi connectivity index (χ0v) is 10.9. The molecule has 0 saturated heterocycles. The number of carboxylic acid groups (broad SMARTS) is 1. The lowest BCUT2D eigenvalue weighted by Gasteiger charge is -2.25. The summed E-state index contributed by atoms with van der Waals surface area (Å²) in [5.74, 6) is -0.659. The van der Waals surface area contributed by atoms with Gasteiger partial charge in [0.15, 0.2) is 11.5 Å². The number of hydrogen-bond acceptors (Lipinski definition) is 4. The number of aryl methyl sites for hydroxylation is 1. The number of aromatic carboxylic acids is 1. The first kappa shape index (κ1) is 12.9. The van der Waals surface area contributed by atoms with E-state index in [9.17, 15) is 4.79 Å². The number of ether oxygens (including phenoxy) is 1. The number of nitrogens with zero attached hydrogens (tertiary/aromatic N) is 1. The van der Waals surface area contributed by atoms with Crippen molar-refractivity contribution < 1.29 is 19.2 Å². The van der Waals surface area contributed by atoms with Gasteiger partial charge >= 0.3 is 5.97 Å². The van der Waals surface area contributed by atoms with Gasteiger partial charge in [-0.15, -0.1) is 0 Å². The monoisotopic (exact) mass is 273 g/mol. The summed E-state index contributed by atoms with van der Waals surface area (Å²) in [6.07, 6.45) is 3.19. The molecule has 1 aliphatic carbocycles. The maximum atomic E-state index is 10.7. The minimum absolute atomic E-state index is 0.0401. The minimum atomic E-state index is -1.09. The lowest BCUT2D eigenvalue weighted by Crippen LogP contribution is -2.12. The van der Waals surface area contributed by atoms with Gasteiger partial charge in [0, 0.05) is 6.07 Å². The van der Waals surface area contributed by atoms with Crippen LogP contribution in [0.3, 0.4) is 0 Å². The molecule has 5 nitrogen and oxygen atoms in total. The summed E-state index contributed by atoms with van der Waals surface area (Å²) in [6, 6.07) is 9.66. The molecule has 2 aromatic rings. The Morgan fingerprint density at radius 1 is 1.45 bits per heavy atom. The summed E-state index contributed by atoms with van der Waals surface area (Å²) in [5, 5.41) is 12.3. The Balaban J connectivity index is 1.68. The van der Waals surface area contributed by atoms with Crippen LogP contribution in [0.25, 0.3) is 0 Å². The van der Waals surface area contributed by atoms with E-state index in [1.165, 1.54) is 17.2 Å². The molecule has 0 aliphatic heterocycles. The summed E-state index contributed by atoms with van der Waals surface area (Å²) in [4.78, 5) is 10.7. The molecular weight excluding hydrogens is 258 g/mol. The average molecular weight is 273 g/mol. The number of carboxylic acids is 1. The summed E-state index contributed by atoms with van der Waals surface area (Å²) in [5.41, 5.74) is 2.46. The number of fused-ring (bicyclic) bond motifs is 1. The maximum absolute atomic E-state index is 10.7. The normalized spacial score (nSPS) is 17.7. The van der Waals surface area contributed by atoms with Crippen LogP contribution < -0.4 is 0 Å². The average Bonchev–Trinajstić information content (AvgIpc) is 2.94. The third-order valence-corrected chi connectivity index (χ3v) is 3.52. The van der Waals surface area contributed by atoms with Crippen molar-refractivity contribution in [2.75, 3.05) is 0 Å². The molecule has 104 valence electrons. The zero-order valence-electron chi connectivity index (χ0n) is 10.9. The maximum Gasteiger partial charge on any atom is 0.358 e. The highest BCUT2D eigenvalue weighted by Gasteiger charge is 2.21. The summed E-state index contributed by atoms with van der Waals surface area (Å²) < 4.78 is 10.8. The molecule has 5 heteroatoms. The molecule has 1 heterocycles. The van der Waals surface area contributed by atoms with Gasteiger partial charge in [-0.2, -0.15) is 0 Å². The molecule has 1 atom stereocenters. The van der Waals surface area contributed by atoms with Crippen molar-refractivity contribution in [3.63, 3.8) is 0 Å². The standard InChI is InChI=1S/C15H15NO4/c17-15(18)13-8-11(20-16-13)9-19-14-7-3-5-10-4-1-2-6-12(10)14/h1-2,4,6,8,14H,3,5,7,9H2,(H,17,18). The van der Waals surface area contributed by atoms with E-state index in [0.717, 1.165) is 19.3 Å². The van der Waals surface area contributed by atoms with E-state index < -0.39 is 5.97 Å². The highest BCUT2D eigenvalue weighted by molar-refractivity contribution is 5.85. The first-order valence-corrected chi connectivity index (χ1v) is 6.62. The predicted molar refractivity (Wildman–Crippen MR) is 70.4 cm³/mol. The van der Waals surface area contributed by atoms with Crippen molar-refractivity contribution >= 4 is 5.97 Å². The first-order chi connectivity index (χ1) is 9.74. The first-order valence-electron chi connectivity index (χ1n) is 6.62. The van der Waals surface area contributed by atoms with Crippen LogP contribution in [-0.2, 0) is 17.8 Å². The Hall–Kier alpha value is -2.14. The summed E-state index contributed by atoms with van der Waals surface area (Å²) >= 11 is 0. The van der Waals surface area contributed by atoms with Gasteiger partial charge in [-0.1, -0.05) is 29.4 Å². The molecule has 0 bridgehead atoms. The SMILES string of the molecule is O=C(O)c1cc(COC2CCCc3ccccc32)on1. The van der Waals surface area contributed by atoms with Crippen LogP contribution in [0.4, 0.5) is 0 Å². The van der Waals surface area contributed by atoms with Gasteiger partial charge < -0.3 is 14.4 Å². The Labute approximate surface area is 116 Å². The fraction of sp³-hybridized carbons (Fsp3) is 0.333. The molecule has 1 aliphatic rings. The molecule has 0 saturated carbocycles. The van der Waals surface area contributed by atoms with Gasteiger partial charge in [0.05, 0.1) is 6.10 Å². The number of hydrogen-bond donors (Lipinski definition) is 1. The van der Waals surface area contributed by atoms with Crippen LogP contribution in [0.1, 0.15) is 46.3 Å². The van der Waals surface area contributed by atoms with E-state index in [-0.39, 0.29) is 18.4 Å². The molecule has 20 heavy (non-hydrogen) atoms. The quantitative estimate of drug-likeness (QED) is 0.927. The van der Waals surface area contributed by atoms with E-state index >= 15 is 0 Å². The summed E-state index contributed by atoms with van der Waals surface area (Å²) in [7, 11) is 0. The highest BCUT2D eigenvalue weighted by atomic mass is 16.5. The Morgan fingerprint density at radius 3 is 3.10 bits per heavy atom. The molecule has 1 aromatic carbocycles. The van der Waals surface area contributed by atoms with Crippen LogP contribution in [0.15, 0.2) is 34.9 Å². The third kappa shape index (κ3) is 2.58. The fourth-order valence-corrected chi connectivity index (χ4v) is 2.55. The molecule has 1 N–H and O–H groups in total. The summed E-state index contributed by atoms with van der Waals surface area (Å²) in [6.45, 7) is 0.235. The van der Waals surface area contributed by atoms with Gasteiger partial charge in [0.1, 0.15) is 6.61 Å². The third-order valence-electron chi connectivity index (χ3n) is 3.52. The Kier molecular flexibility index (Phi) is 3.52. The van der Waals surface area contributed by atoms with Crippen molar-refractivity contribution in [1.29, 1.82) is 0 Å². The van der Waals surface area contributed by atoms with Crippen molar-refractivity contribution in [3.8, 4) is 0 Å². The Bertz CT molecular complexity index is 620. The zero-order chi connectivity index (χ0) is 13.9. The lowest BCUT2D eigenvalue weighted by atomic mass is 9.89. The van der Waals surface area contributed by atoms with Crippen LogP contribution in [0.2, 0.25) is 0 Å². The number of rotatable bonds is 4. The molecule has 0 amide bonds. The highest BCUT2D eigenvalue weighted by Crippen LogP contribution is 2.32. The van der Waals surface area contributed by atoms with Gasteiger partial charge in [0.2, 0.25) is 0 Å². The van der Waals surface area contributed by atoms with E-state index in [4.69, 9.17) is 14.4 Å². The molecule has 1 unspecified atom stereocenters. The minimum Gasteiger partial charge on any atom is -0.476 e. The molecular formula is C15H15NO4. The van der Waals surface area contributed by atoms with Gasteiger partial charge in [0.25, 0.3) is 0 Å². The van der Waals surface area contributed by atoms with Gasteiger partial charge in [-0.25, -0.2) is 4.79 Å². The van der Waals surface area contributed by atoms with E-state index in [2.05, 4.69) is 17.3 Å². The van der Waals surface area contributed by atoms with Gasteiger partial charge in [-0.05, 0) is 30.4 Å². The number of aromatic nitrogens is 1. The molecule has 3 rings (SSSR count). The molecule has 1 aromatic heterocycles. The van der Waals surface area contributed by atoms with E-state index in [1.807, 2.05) is 12.1 Å². The van der Waals surface area contributed by atoms with Crippen molar-refractivity contribution in [1.82, 2.24) is 5.16 Å². The van der Waals surface area contributed by atoms with Crippen LogP contribution in [0.5, 0.6) is 0 Å². The second kappa shape index (κ2) is 5.46. The fourth-order valence-electron chi connectivity index (χ4n) is 2.55. The number of benzene rings is 1.